The van der Waals surface area contributed by atoms with Crippen molar-refractivity contribution in [1.29, 1.82) is 0 Å². The summed E-state index contributed by atoms with van der Waals surface area (Å²) >= 11 is 0. The topological polar surface area (TPSA) is 66.0 Å². The van der Waals surface area contributed by atoms with E-state index in [9.17, 15) is 9.18 Å². The average Bonchev–Trinajstić information content (AvgIpc) is 3.32. The van der Waals surface area contributed by atoms with Gasteiger partial charge in [0.15, 0.2) is 0 Å². The minimum atomic E-state index is -0.245. The van der Waals surface area contributed by atoms with Gasteiger partial charge in [0.2, 0.25) is 0 Å². The largest absolute Gasteiger partial charge is 0.366 e. The number of hydrogen-bond acceptors (Lipinski definition) is 3. The number of rotatable bonds is 5. The minimum Gasteiger partial charge on any atom is -0.366 e. The van der Waals surface area contributed by atoms with Crippen molar-refractivity contribution < 1.29 is 9.18 Å². The van der Waals surface area contributed by atoms with E-state index in [0.717, 1.165) is 12.8 Å². The highest BCUT2D eigenvalue weighted by molar-refractivity contribution is 5.89. The van der Waals surface area contributed by atoms with Gasteiger partial charge in [0.1, 0.15) is 11.6 Å². The Labute approximate surface area is 128 Å². The first kappa shape index (κ1) is 14.3. The van der Waals surface area contributed by atoms with E-state index in [1.807, 2.05) is 0 Å². The van der Waals surface area contributed by atoms with Gasteiger partial charge in [-0.15, -0.1) is 0 Å². The van der Waals surface area contributed by atoms with Crippen molar-refractivity contribution in [2.75, 3.05) is 10.6 Å². The molecule has 0 spiro atoms. The Balaban J connectivity index is 1.52. The zero-order chi connectivity index (χ0) is 15.4. The fourth-order valence-electron chi connectivity index (χ4n) is 1.98. The Hall–Kier alpha value is -2.63. The van der Waals surface area contributed by atoms with E-state index in [1.165, 1.54) is 6.07 Å². The first-order valence-corrected chi connectivity index (χ1v) is 7.21. The van der Waals surface area contributed by atoms with E-state index in [-0.39, 0.29) is 11.8 Å². The SMILES string of the molecule is O=C(Nc1ccc(NCc2ccccc2F)nc1)NC1CC1. The monoisotopic (exact) mass is 300 g/mol. The van der Waals surface area contributed by atoms with Crippen molar-refractivity contribution in [2.24, 2.45) is 0 Å². The van der Waals surface area contributed by atoms with Crippen LogP contribution in [0.1, 0.15) is 18.4 Å². The lowest BCUT2D eigenvalue weighted by Gasteiger charge is -2.09. The number of nitrogens with one attached hydrogen (secondary N) is 3. The lowest BCUT2D eigenvalue weighted by atomic mass is 10.2. The minimum absolute atomic E-state index is 0.212. The number of nitrogens with zero attached hydrogens (tertiary/aromatic N) is 1. The summed E-state index contributed by atoms with van der Waals surface area (Å²) in [6, 6.07) is 10.2. The third kappa shape index (κ3) is 3.94. The number of aromatic nitrogens is 1. The van der Waals surface area contributed by atoms with Gasteiger partial charge in [0.25, 0.3) is 0 Å². The van der Waals surface area contributed by atoms with Crippen molar-refractivity contribution in [3.8, 4) is 0 Å². The highest BCUT2D eigenvalue weighted by Crippen LogP contribution is 2.19. The maximum atomic E-state index is 13.5. The molecule has 0 radical (unpaired) electrons. The number of urea groups is 1. The normalized spacial score (nSPS) is 13.5. The zero-order valence-corrected chi connectivity index (χ0v) is 12.0. The summed E-state index contributed by atoms with van der Waals surface area (Å²) in [5, 5.41) is 8.60. The number of halogens is 1. The van der Waals surface area contributed by atoms with Crippen molar-refractivity contribution in [2.45, 2.75) is 25.4 Å². The molecule has 1 aliphatic rings. The lowest BCUT2D eigenvalue weighted by molar-refractivity contribution is 0.251. The molecule has 0 saturated heterocycles. The molecule has 1 aromatic carbocycles. The molecule has 2 amide bonds. The first-order chi connectivity index (χ1) is 10.7. The van der Waals surface area contributed by atoms with E-state index in [4.69, 9.17) is 0 Å². The molecule has 1 heterocycles. The molecule has 2 aromatic rings. The van der Waals surface area contributed by atoms with Gasteiger partial charge in [-0.1, -0.05) is 18.2 Å². The van der Waals surface area contributed by atoms with Crippen molar-refractivity contribution in [3.63, 3.8) is 0 Å². The van der Waals surface area contributed by atoms with Gasteiger partial charge in [0.05, 0.1) is 11.9 Å². The Bertz CT molecular complexity index is 655. The van der Waals surface area contributed by atoms with Crippen LogP contribution in [0.4, 0.5) is 20.7 Å². The number of carbonyl (C=O) groups excluding carboxylic acids is 1. The van der Waals surface area contributed by atoms with Crippen LogP contribution in [0.25, 0.3) is 0 Å². The van der Waals surface area contributed by atoms with E-state index in [2.05, 4.69) is 20.9 Å². The maximum absolute atomic E-state index is 13.5. The summed E-state index contributed by atoms with van der Waals surface area (Å²) in [5.74, 6) is 0.376. The van der Waals surface area contributed by atoms with Gasteiger partial charge in [0, 0.05) is 18.2 Å². The number of hydrogen-bond donors (Lipinski definition) is 3. The second-order valence-electron chi connectivity index (χ2n) is 5.25. The molecule has 1 aromatic heterocycles. The van der Waals surface area contributed by atoms with E-state index in [1.54, 1.807) is 36.5 Å². The molecule has 22 heavy (non-hydrogen) atoms. The summed E-state index contributed by atoms with van der Waals surface area (Å²) in [6.45, 7) is 0.356. The quantitative estimate of drug-likeness (QED) is 0.795. The van der Waals surface area contributed by atoms with Crippen LogP contribution < -0.4 is 16.0 Å². The molecule has 6 heteroatoms. The van der Waals surface area contributed by atoms with Gasteiger partial charge in [-0.25, -0.2) is 14.2 Å². The van der Waals surface area contributed by atoms with Crippen LogP contribution >= 0.6 is 0 Å². The molecule has 0 bridgehead atoms. The summed E-state index contributed by atoms with van der Waals surface area (Å²) < 4.78 is 13.5. The molecule has 3 N–H and O–H groups in total. The highest BCUT2D eigenvalue weighted by Gasteiger charge is 2.23. The van der Waals surface area contributed by atoms with E-state index < -0.39 is 0 Å². The van der Waals surface area contributed by atoms with E-state index in [0.29, 0.717) is 29.7 Å². The number of amides is 2. The lowest BCUT2D eigenvalue weighted by Crippen LogP contribution is -2.30. The van der Waals surface area contributed by atoms with Crippen LogP contribution in [-0.4, -0.2) is 17.1 Å². The Morgan fingerprint density at radius 2 is 2.05 bits per heavy atom. The molecule has 114 valence electrons. The summed E-state index contributed by atoms with van der Waals surface area (Å²) in [7, 11) is 0. The van der Waals surface area contributed by atoms with Crippen LogP contribution in [0.5, 0.6) is 0 Å². The third-order valence-electron chi connectivity index (χ3n) is 3.35. The molecule has 0 atom stereocenters. The molecule has 1 fully saturated rings. The van der Waals surface area contributed by atoms with Crippen molar-refractivity contribution >= 4 is 17.5 Å². The fraction of sp³-hybridized carbons (Fsp3) is 0.250. The molecule has 0 unspecified atom stereocenters. The number of anilines is 2. The van der Waals surface area contributed by atoms with Gasteiger partial charge < -0.3 is 16.0 Å². The molecule has 5 nitrogen and oxygen atoms in total. The second-order valence-corrected chi connectivity index (χ2v) is 5.25. The average molecular weight is 300 g/mol. The van der Waals surface area contributed by atoms with Crippen LogP contribution in [0.15, 0.2) is 42.6 Å². The maximum Gasteiger partial charge on any atom is 0.319 e. The fourth-order valence-corrected chi connectivity index (χ4v) is 1.98. The Morgan fingerprint density at radius 3 is 2.73 bits per heavy atom. The van der Waals surface area contributed by atoms with Crippen molar-refractivity contribution in [1.82, 2.24) is 10.3 Å². The Kier molecular flexibility index (Phi) is 4.18. The summed E-state index contributed by atoms with van der Waals surface area (Å²) in [4.78, 5) is 15.8. The predicted molar refractivity (Wildman–Crippen MR) is 83.1 cm³/mol. The third-order valence-corrected chi connectivity index (χ3v) is 3.35. The molecule has 1 aliphatic carbocycles. The number of benzene rings is 1. The van der Waals surface area contributed by atoms with Crippen LogP contribution in [0.2, 0.25) is 0 Å². The number of pyridine rings is 1. The Morgan fingerprint density at radius 1 is 1.23 bits per heavy atom. The summed E-state index contributed by atoms with van der Waals surface area (Å²) in [5.41, 5.74) is 1.20. The van der Waals surface area contributed by atoms with Crippen LogP contribution in [0.3, 0.4) is 0 Å². The molecule has 0 aliphatic heterocycles. The van der Waals surface area contributed by atoms with E-state index >= 15 is 0 Å². The standard InChI is InChI=1S/C16H17FN4O/c17-14-4-2-1-3-11(14)9-18-15-8-7-13(10-19-15)21-16(22)20-12-5-6-12/h1-4,7-8,10,12H,5-6,9H2,(H,18,19)(H2,20,21,22). The molecule has 1 saturated carbocycles. The van der Waals surface area contributed by atoms with Gasteiger partial charge >= 0.3 is 6.03 Å². The highest BCUT2D eigenvalue weighted by atomic mass is 19.1. The molecule has 3 rings (SSSR count). The molecular weight excluding hydrogens is 283 g/mol. The van der Waals surface area contributed by atoms with Crippen LogP contribution in [-0.2, 0) is 6.54 Å². The summed E-state index contributed by atoms with van der Waals surface area (Å²) in [6.07, 6.45) is 3.66. The van der Waals surface area contributed by atoms with Gasteiger partial charge in [-0.05, 0) is 31.0 Å². The zero-order valence-electron chi connectivity index (χ0n) is 12.0. The first-order valence-electron chi connectivity index (χ1n) is 7.21. The van der Waals surface area contributed by atoms with Crippen molar-refractivity contribution in [3.05, 3.63) is 54.0 Å². The smallest absolute Gasteiger partial charge is 0.319 e. The van der Waals surface area contributed by atoms with Crippen LogP contribution in [0, 0.1) is 5.82 Å². The van der Waals surface area contributed by atoms with Gasteiger partial charge in [-0.3, -0.25) is 0 Å². The second kappa shape index (κ2) is 6.43. The number of carbonyl (C=O) groups is 1. The van der Waals surface area contributed by atoms with Gasteiger partial charge in [-0.2, -0.15) is 0 Å². The molecular formula is C16H17FN4O. The predicted octanol–water partition coefficient (Wildman–Crippen LogP) is 3.12.